The molecule has 2 atom stereocenters. The number of hydrogen-bond donors (Lipinski definition) is 0. The SMILES string of the molecule is COC(=O)C(Sc1ccccn1)C(Sc1ccccn1)C(=O)OC. The van der Waals surface area contributed by atoms with E-state index >= 15 is 0 Å². The van der Waals surface area contributed by atoms with Crippen molar-refractivity contribution in [1.82, 2.24) is 9.97 Å². The van der Waals surface area contributed by atoms with Crippen molar-refractivity contribution in [3.8, 4) is 0 Å². The minimum absolute atomic E-state index is 0.524. The number of carbonyl (C=O) groups is 2. The average molecular weight is 364 g/mol. The standard InChI is InChI=1S/C16H16N2O4S2/c1-21-15(19)13(23-11-7-3-5-9-17-11)14(16(20)22-2)24-12-8-4-6-10-18-12/h3-10,13-14H,1-2H3. The normalized spacial score (nSPS) is 12.9. The average Bonchev–Trinajstić information content (AvgIpc) is 2.65. The maximum atomic E-state index is 12.3. The van der Waals surface area contributed by atoms with Gasteiger partial charge in [0.25, 0.3) is 0 Å². The zero-order chi connectivity index (χ0) is 17.4. The maximum Gasteiger partial charge on any atom is 0.320 e. The van der Waals surface area contributed by atoms with Crippen LogP contribution in [0.1, 0.15) is 0 Å². The van der Waals surface area contributed by atoms with Gasteiger partial charge in [0.15, 0.2) is 0 Å². The number of ether oxygens (including phenoxy) is 2. The van der Waals surface area contributed by atoms with Crippen LogP contribution in [0.4, 0.5) is 0 Å². The number of methoxy groups -OCH3 is 2. The first-order valence-electron chi connectivity index (χ1n) is 6.96. The van der Waals surface area contributed by atoms with Crippen LogP contribution >= 0.6 is 23.5 Å². The van der Waals surface area contributed by atoms with Crippen molar-refractivity contribution in [3.63, 3.8) is 0 Å². The van der Waals surface area contributed by atoms with E-state index in [2.05, 4.69) is 9.97 Å². The molecule has 0 aliphatic rings. The Balaban J connectivity index is 2.29. The highest BCUT2D eigenvalue weighted by molar-refractivity contribution is 8.04. The summed E-state index contributed by atoms with van der Waals surface area (Å²) >= 11 is 2.31. The van der Waals surface area contributed by atoms with E-state index in [0.29, 0.717) is 10.1 Å². The predicted octanol–water partition coefficient (Wildman–Crippen LogP) is 2.44. The summed E-state index contributed by atoms with van der Waals surface area (Å²) in [7, 11) is 2.57. The van der Waals surface area contributed by atoms with Gasteiger partial charge < -0.3 is 9.47 Å². The van der Waals surface area contributed by atoms with E-state index in [4.69, 9.17) is 9.47 Å². The highest BCUT2D eigenvalue weighted by Crippen LogP contribution is 2.34. The van der Waals surface area contributed by atoms with E-state index < -0.39 is 22.4 Å². The van der Waals surface area contributed by atoms with Crippen molar-refractivity contribution < 1.29 is 19.1 Å². The molecule has 6 nitrogen and oxygen atoms in total. The fraction of sp³-hybridized carbons (Fsp3) is 0.250. The second-order valence-corrected chi connectivity index (χ2v) is 6.78. The van der Waals surface area contributed by atoms with Crippen LogP contribution in [0.5, 0.6) is 0 Å². The van der Waals surface area contributed by atoms with Crippen LogP contribution in [0.25, 0.3) is 0 Å². The first-order valence-corrected chi connectivity index (χ1v) is 8.72. The molecule has 0 saturated carbocycles. The molecule has 0 saturated heterocycles. The lowest BCUT2D eigenvalue weighted by atomic mass is 10.3. The van der Waals surface area contributed by atoms with Crippen LogP contribution in [0, 0.1) is 0 Å². The highest BCUT2D eigenvalue weighted by atomic mass is 32.2. The summed E-state index contributed by atoms with van der Waals surface area (Å²) in [5.74, 6) is -1.05. The molecule has 0 aliphatic carbocycles. The number of esters is 2. The molecule has 2 unspecified atom stereocenters. The van der Waals surface area contributed by atoms with Crippen molar-refractivity contribution in [3.05, 3.63) is 48.8 Å². The third kappa shape index (κ3) is 4.97. The van der Waals surface area contributed by atoms with E-state index in [-0.39, 0.29) is 0 Å². The van der Waals surface area contributed by atoms with E-state index in [1.807, 2.05) is 12.1 Å². The zero-order valence-corrected chi connectivity index (χ0v) is 14.8. The van der Waals surface area contributed by atoms with Gasteiger partial charge in [-0.1, -0.05) is 35.7 Å². The molecule has 2 aromatic rings. The van der Waals surface area contributed by atoms with E-state index in [9.17, 15) is 9.59 Å². The molecule has 126 valence electrons. The maximum absolute atomic E-state index is 12.3. The zero-order valence-electron chi connectivity index (χ0n) is 13.1. The van der Waals surface area contributed by atoms with Crippen LogP contribution in [0.15, 0.2) is 58.8 Å². The summed E-state index contributed by atoms with van der Waals surface area (Å²) in [5, 5.41) is -0.402. The van der Waals surface area contributed by atoms with Crippen molar-refractivity contribution >= 4 is 35.5 Å². The lowest BCUT2D eigenvalue weighted by molar-refractivity contribution is -0.146. The Morgan fingerprint density at radius 2 is 1.25 bits per heavy atom. The van der Waals surface area contributed by atoms with E-state index in [1.165, 1.54) is 14.2 Å². The molecule has 0 aromatic carbocycles. The Morgan fingerprint density at radius 3 is 1.54 bits per heavy atom. The number of rotatable bonds is 7. The second-order valence-electron chi connectivity index (χ2n) is 4.46. The molecule has 0 aliphatic heterocycles. The van der Waals surface area contributed by atoms with Crippen LogP contribution < -0.4 is 0 Å². The van der Waals surface area contributed by atoms with Gasteiger partial charge in [-0.2, -0.15) is 0 Å². The number of carbonyl (C=O) groups excluding carboxylic acids is 2. The Kier molecular flexibility index (Phi) is 7.07. The smallest absolute Gasteiger partial charge is 0.320 e. The third-order valence-electron chi connectivity index (χ3n) is 2.91. The fourth-order valence-electron chi connectivity index (χ4n) is 1.79. The van der Waals surface area contributed by atoms with Crippen molar-refractivity contribution in [2.75, 3.05) is 14.2 Å². The molecule has 2 rings (SSSR count). The molecule has 0 fully saturated rings. The van der Waals surface area contributed by atoms with Gasteiger partial charge in [0.2, 0.25) is 0 Å². The first-order chi connectivity index (χ1) is 11.7. The molecule has 0 radical (unpaired) electrons. The van der Waals surface area contributed by atoms with Crippen LogP contribution in [0.3, 0.4) is 0 Å². The number of nitrogens with zero attached hydrogens (tertiary/aromatic N) is 2. The quantitative estimate of drug-likeness (QED) is 0.548. The lowest BCUT2D eigenvalue weighted by Gasteiger charge is -2.21. The summed E-state index contributed by atoms with van der Waals surface area (Å²) < 4.78 is 9.74. The molecule has 0 bridgehead atoms. The number of pyridine rings is 2. The van der Waals surface area contributed by atoms with Crippen molar-refractivity contribution in [1.29, 1.82) is 0 Å². The van der Waals surface area contributed by atoms with Gasteiger partial charge in [0.1, 0.15) is 10.5 Å². The van der Waals surface area contributed by atoms with Crippen LogP contribution in [-0.2, 0) is 19.1 Å². The van der Waals surface area contributed by atoms with Gasteiger partial charge in [-0.25, -0.2) is 9.97 Å². The molecule has 0 N–H and O–H groups in total. The van der Waals surface area contributed by atoms with Gasteiger partial charge in [-0.15, -0.1) is 0 Å². The molecule has 0 spiro atoms. The molecule has 2 heterocycles. The Morgan fingerprint density at radius 1 is 0.833 bits per heavy atom. The summed E-state index contributed by atoms with van der Waals surface area (Å²) in [5.41, 5.74) is 0. The van der Waals surface area contributed by atoms with E-state index in [1.54, 1.807) is 36.7 Å². The van der Waals surface area contributed by atoms with E-state index in [0.717, 1.165) is 23.5 Å². The number of thioether (sulfide) groups is 2. The van der Waals surface area contributed by atoms with Gasteiger partial charge in [-0.3, -0.25) is 9.59 Å². The predicted molar refractivity (Wildman–Crippen MR) is 91.8 cm³/mol. The van der Waals surface area contributed by atoms with Gasteiger partial charge in [0.05, 0.1) is 24.3 Å². The topological polar surface area (TPSA) is 78.4 Å². The third-order valence-corrected chi connectivity index (χ3v) is 5.49. The minimum atomic E-state index is -0.815. The van der Waals surface area contributed by atoms with Crippen LogP contribution in [0.2, 0.25) is 0 Å². The second kappa shape index (κ2) is 9.29. The van der Waals surface area contributed by atoms with Crippen molar-refractivity contribution in [2.24, 2.45) is 0 Å². The molecule has 0 amide bonds. The molecule has 8 heteroatoms. The minimum Gasteiger partial charge on any atom is -0.468 e. The summed E-state index contributed by atoms with van der Waals surface area (Å²) in [6.45, 7) is 0. The molecular weight excluding hydrogens is 348 g/mol. The van der Waals surface area contributed by atoms with Gasteiger partial charge in [-0.05, 0) is 24.3 Å². The Bertz CT molecular complexity index is 611. The largest absolute Gasteiger partial charge is 0.468 e. The number of hydrogen-bond acceptors (Lipinski definition) is 8. The first kappa shape index (κ1) is 18.3. The van der Waals surface area contributed by atoms with Crippen LogP contribution in [-0.4, -0.2) is 46.6 Å². The lowest BCUT2D eigenvalue weighted by Crippen LogP contribution is -2.37. The molecule has 2 aromatic heterocycles. The highest BCUT2D eigenvalue weighted by Gasteiger charge is 2.38. The Labute approximate surface area is 148 Å². The molecular formula is C16H16N2O4S2. The monoisotopic (exact) mass is 364 g/mol. The van der Waals surface area contributed by atoms with Gasteiger partial charge in [0, 0.05) is 12.4 Å². The molecule has 24 heavy (non-hydrogen) atoms. The summed E-state index contributed by atoms with van der Waals surface area (Å²) in [6, 6.07) is 10.7. The van der Waals surface area contributed by atoms with Crippen molar-refractivity contribution in [2.45, 2.75) is 20.6 Å². The fourth-order valence-corrected chi connectivity index (χ4v) is 4.06. The summed E-state index contributed by atoms with van der Waals surface area (Å²) in [4.78, 5) is 32.9. The van der Waals surface area contributed by atoms with Gasteiger partial charge >= 0.3 is 11.9 Å². The summed E-state index contributed by atoms with van der Waals surface area (Å²) in [6.07, 6.45) is 3.24. The number of aromatic nitrogens is 2. The Hall–Kier alpha value is -2.06.